The van der Waals surface area contributed by atoms with Crippen molar-refractivity contribution in [2.24, 2.45) is 11.8 Å². The van der Waals surface area contributed by atoms with Gasteiger partial charge in [0.15, 0.2) is 11.5 Å². The van der Waals surface area contributed by atoms with Gasteiger partial charge in [-0.25, -0.2) is 0 Å². The fourth-order valence-corrected chi connectivity index (χ4v) is 3.22. The quantitative estimate of drug-likeness (QED) is 0.668. The molecule has 148 valence electrons. The average Bonchev–Trinajstić information content (AvgIpc) is 2.70. The smallest absolute Gasteiger partial charge is 0.269 e. The highest BCUT2D eigenvalue weighted by Crippen LogP contribution is 2.38. The van der Waals surface area contributed by atoms with Crippen molar-refractivity contribution in [1.29, 1.82) is 0 Å². The molecule has 2 N–H and O–H groups in total. The van der Waals surface area contributed by atoms with Crippen LogP contribution in [0.15, 0.2) is 12.1 Å². The number of ether oxygens (including phenoxy) is 3. The Labute approximate surface area is 156 Å². The van der Waals surface area contributed by atoms with Crippen molar-refractivity contribution < 1.29 is 33.7 Å². The SMILES string of the molecule is COc1cc(C(=O)NNC(=O)[C@H]2CCCC[C@@H]2C(=O)[O-])cc(OC)c1OC. The lowest BCUT2D eigenvalue weighted by Crippen LogP contribution is -2.49. The summed E-state index contributed by atoms with van der Waals surface area (Å²) in [7, 11) is 4.28. The van der Waals surface area contributed by atoms with Crippen LogP contribution in [0.3, 0.4) is 0 Å². The molecule has 0 unspecified atom stereocenters. The van der Waals surface area contributed by atoms with E-state index in [4.69, 9.17) is 14.2 Å². The van der Waals surface area contributed by atoms with Crippen LogP contribution in [0.4, 0.5) is 0 Å². The zero-order valence-electron chi connectivity index (χ0n) is 15.5. The Morgan fingerprint density at radius 1 is 0.926 bits per heavy atom. The van der Waals surface area contributed by atoms with Crippen molar-refractivity contribution in [2.45, 2.75) is 25.7 Å². The summed E-state index contributed by atoms with van der Waals surface area (Å²) >= 11 is 0. The Morgan fingerprint density at radius 2 is 1.48 bits per heavy atom. The summed E-state index contributed by atoms with van der Waals surface area (Å²) in [6, 6.07) is 2.88. The monoisotopic (exact) mass is 379 g/mol. The Kier molecular flexibility index (Phi) is 6.86. The molecule has 0 saturated heterocycles. The standard InChI is InChI=1S/C18H24N2O7/c1-25-13-8-10(9-14(26-2)15(13)27-3)16(21)19-20-17(22)11-6-4-5-7-12(11)18(23)24/h8-9,11-12H,4-7H2,1-3H3,(H,19,21)(H,20,22)(H,23,24)/p-1/t11-,12-/m0/s1. The number of nitrogens with one attached hydrogen (secondary N) is 2. The molecule has 0 spiro atoms. The lowest BCUT2D eigenvalue weighted by molar-refractivity contribution is -0.314. The van der Waals surface area contributed by atoms with Crippen LogP contribution in [0.25, 0.3) is 0 Å². The first kappa shape index (κ1) is 20.3. The van der Waals surface area contributed by atoms with Crippen molar-refractivity contribution >= 4 is 17.8 Å². The molecule has 2 atom stereocenters. The van der Waals surface area contributed by atoms with Gasteiger partial charge in [-0.2, -0.15) is 0 Å². The van der Waals surface area contributed by atoms with Crippen molar-refractivity contribution in [3.8, 4) is 17.2 Å². The zero-order chi connectivity index (χ0) is 20.0. The molecule has 27 heavy (non-hydrogen) atoms. The molecule has 2 rings (SSSR count). The third-order valence-corrected chi connectivity index (χ3v) is 4.63. The predicted octanol–water partition coefficient (Wildman–Crippen LogP) is 0.0297. The summed E-state index contributed by atoms with van der Waals surface area (Å²) < 4.78 is 15.6. The zero-order valence-corrected chi connectivity index (χ0v) is 15.5. The number of carbonyl (C=O) groups is 3. The summed E-state index contributed by atoms with van der Waals surface area (Å²) in [5.41, 5.74) is 4.76. The Hall–Kier alpha value is -2.97. The van der Waals surface area contributed by atoms with Crippen LogP contribution in [0.2, 0.25) is 0 Å². The second-order valence-corrected chi connectivity index (χ2v) is 6.17. The summed E-state index contributed by atoms with van der Waals surface area (Å²) in [5, 5.41) is 11.2. The number of carboxylic acid groups (broad SMARTS) is 1. The number of hydrogen-bond acceptors (Lipinski definition) is 7. The maximum Gasteiger partial charge on any atom is 0.269 e. The van der Waals surface area contributed by atoms with E-state index in [1.807, 2.05) is 0 Å². The summed E-state index contributed by atoms with van der Waals surface area (Å²) in [6.45, 7) is 0. The summed E-state index contributed by atoms with van der Waals surface area (Å²) in [5.74, 6) is -3.07. The van der Waals surface area contributed by atoms with Crippen LogP contribution < -0.4 is 30.2 Å². The normalized spacial score (nSPS) is 18.9. The van der Waals surface area contributed by atoms with Gasteiger partial charge in [-0.3, -0.25) is 20.4 Å². The van der Waals surface area contributed by atoms with E-state index in [9.17, 15) is 19.5 Å². The fourth-order valence-electron chi connectivity index (χ4n) is 3.22. The number of hydrazine groups is 1. The van der Waals surface area contributed by atoms with Gasteiger partial charge in [-0.15, -0.1) is 0 Å². The molecule has 9 nitrogen and oxygen atoms in total. The molecule has 2 amide bonds. The van der Waals surface area contributed by atoms with E-state index < -0.39 is 29.6 Å². The van der Waals surface area contributed by atoms with E-state index >= 15 is 0 Å². The van der Waals surface area contributed by atoms with Crippen LogP contribution in [0.1, 0.15) is 36.0 Å². The maximum absolute atomic E-state index is 12.4. The highest BCUT2D eigenvalue weighted by Gasteiger charge is 2.32. The van der Waals surface area contributed by atoms with Crippen LogP contribution in [-0.4, -0.2) is 39.1 Å². The molecule has 1 aromatic rings. The number of rotatable bonds is 6. The fraction of sp³-hybridized carbons (Fsp3) is 0.500. The molecule has 1 aliphatic rings. The van der Waals surface area contributed by atoms with Gasteiger partial charge in [0.1, 0.15) is 0 Å². The molecule has 1 aliphatic carbocycles. The number of aliphatic carboxylic acids is 1. The summed E-state index contributed by atoms with van der Waals surface area (Å²) in [6.07, 6.45) is 2.31. The summed E-state index contributed by atoms with van der Waals surface area (Å²) in [4.78, 5) is 35.9. The largest absolute Gasteiger partial charge is 0.550 e. The number of carbonyl (C=O) groups excluding carboxylic acids is 3. The van der Waals surface area contributed by atoms with E-state index in [1.54, 1.807) is 0 Å². The van der Waals surface area contributed by atoms with Gasteiger partial charge in [-0.1, -0.05) is 12.8 Å². The molecular weight excluding hydrogens is 356 g/mol. The molecular formula is C18H23N2O7-. The highest BCUT2D eigenvalue weighted by atomic mass is 16.5. The van der Waals surface area contributed by atoms with E-state index in [1.165, 1.54) is 33.5 Å². The van der Waals surface area contributed by atoms with Crippen molar-refractivity contribution in [2.75, 3.05) is 21.3 Å². The van der Waals surface area contributed by atoms with Crippen molar-refractivity contribution in [3.05, 3.63) is 17.7 Å². The molecule has 0 heterocycles. The van der Waals surface area contributed by atoms with Crippen LogP contribution in [-0.2, 0) is 9.59 Å². The highest BCUT2D eigenvalue weighted by molar-refractivity contribution is 5.97. The minimum Gasteiger partial charge on any atom is -0.550 e. The third kappa shape index (κ3) is 4.60. The van der Waals surface area contributed by atoms with Gasteiger partial charge in [0.2, 0.25) is 11.7 Å². The molecule has 0 aromatic heterocycles. The van der Waals surface area contributed by atoms with Crippen molar-refractivity contribution in [3.63, 3.8) is 0 Å². The van der Waals surface area contributed by atoms with Gasteiger partial charge in [-0.05, 0) is 25.0 Å². The average molecular weight is 379 g/mol. The topological polar surface area (TPSA) is 126 Å². The first-order valence-electron chi connectivity index (χ1n) is 8.54. The van der Waals surface area contributed by atoms with Gasteiger partial charge in [0.25, 0.3) is 5.91 Å². The van der Waals surface area contributed by atoms with Gasteiger partial charge in [0, 0.05) is 23.4 Å². The molecule has 1 saturated carbocycles. The molecule has 0 radical (unpaired) electrons. The third-order valence-electron chi connectivity index (χ3n) is 4.63. The number of methoxy groups -OCH3 is 3. The Morgan fingerprint density at radius 3 is 1.96 bits per heavy atom. The maximum atomic E-state index is 12.4. The first-order chi connectivity index (χ1) is 12.9. The molecule has 1 fully saturated rings. The van der Waals surface area contributed by atoms with Crippen LogP contribution >= 0.6 is 0 Å². The minimum atomic E-state index is -1.24. The number of amides is 2. The molecule has 0 aliphatic heterocycles. The second-order valence-electron chi connectivity index (χ2n) is 6.17. The lowest BCUT2D eigenvalue weighted by Gasteiger charge is -2.31. The molecule has 1 aromatic carbocycles. The second kappa shape index (κ2) is 9.11. The Bertz CT molecular complexity index is 695. The number of benzene rings is 1. The van der Waals surface area contributed by atoms with Gasteiger partial charge in [0.05, 0.1) is 21.3 Å². The number of hydrogen-bond donors (Lipinski definition) is 2. The number of carboxylic acids is 1. The first-order valence-corrected chi connectivity index (χ1v) is 8.54. The lowest BCUT2D eigenvalue weighted by atomic mass is 9.79. The van der Waals surface area contributed by atoms with Crippen LogP contribution in [0.5, 0.6) is 17.2 Å². The minimum absolute atomic E-state index is 0.171. The Balaban J connectivity index is 2.09. The predicted molar refractivity (Wildman–Crippen MR) is 92.2 cm³/mol. The van der Waals surface area contributed by atoms with E-state index in [0.29, 0.717) is 18.6 Å². The van der Waals surface area contributed by atoms with Gasteiger partial charge < -0.3 is 24.1 Å². The van der Waals surface area contributed by atoms with Crippen LogP contribution in [0, 0.1) is 11.8 Å². The molecule has 9 heteroatoms. The van der Waals surface area contributed by atoms with E-state index in [-0.39, 0.29) is 17.1 Å². The van der Waals surface area contributed by atoms with Gasteiger partial charge >= 0.3 is 0 Å². The van der Waals surface area contributed by atoms with E-state index in [0.717, 1.165) is 12.8 Å². The van der Waals surface area contributed by atoms with E-state index in [2.05, 4.69) is 10.9 Å². The van der Waals surface area contributed by atoms with Crippen molar-refractivity contribution in [1.82, 2.24) is 10.9 Å². The molecule has 0 bridgehead atoms.